The molecular weight excluding hydrogens is 352 g/mol. The number of carboxylic acids is 2. The molecule has 0 fully saturated rings. The number of aromatic nitrogens is 2. The summed E-state index contributed by atoms with van der Waals surface area (Å²) in [6.45, 7) is 0. The van der Waals surface area contributed by atoms with Gasteiger partial charge in [0.25, 0.3) is 0 Å². The van der Waals surface area contributed by atoms with Gasteiger partial charge in [-0.15, -0.1) is 0 Å². The maximum atomic E-state index is 11.6. The zero-order valence-electron chi connectivity index (χ0n) is 11.6. The molecule has 0 spiro atoms. The van der Waals surface area contributed by atoms with E-state index in [1.807, 2.05) is 0 Å². The molecule has 2 rings (SSSR count). The van der Waals surface area contributed by atoms with E-state index in [1.165, 1.54) is 18.3 Å². The van der Waals surface area contributed by atoms with Crippen LogP contribution in [0.25, 0.3) is 11.4 Å². The van der Waals surface area contributed by atoms with Crippen LogP contribution >= 0.6 is 24.4 Å². The largest absolute Gasteiger partial charge is 0.478 e. The Hall–Kier alpha value is -3.16. The molecule has 0 saturated heterocycles. The van der Waals surface area contributed by atoms with Gasteiger partial charge < -0.3 is 10.2 Å². The third-order valence-corrected chi connectivity index (χ3v) is 3.00. The Morgan fingerprint density at radius 1 is 1.08 bits per heavy atom. The number of isothiocyanates is 2. The zero-order valence-corrected chi connectivity index (χ0v) is 13.3. The van der Waals surface area contributed by atoms with Crippen LogP contribution in [0.5, 0.6) is 0 Å². The molecule has 2 aromatic heterocycles. The molecule has 0 atom stereocenters. The Bertz CT molecular complexity index is 948. The van der Waals surface area contributed by atoms with E-state index in [0.717, 1.165) is 6.20 Å². The van der Waals surface area contributed by atoms with Gasteiger partial charge in [0.1, 0.15) is 22.6 Å². The van der Waals surface area contributed by atoms with Crippen LogP contribution in [-0.2, 0) is 0 Å². The van der Waals surface area contributed by atoms with Crippen LogP contribution < -0.4 is 0 Å². The first-order valence-corrected chi connectivity index (χ1v) is 6.93. The molecule has 10 heteroatoms. The van der Waals surface area contributed by atoms with Crippen molar-refractivity contribution in [3.63, 3.8) is 0 Å². The lowest BCUT2D eigenvalue weighted by Gasteiger charge is -2.09. The fraction of sp³-hybridized carbons (Fsp3) is 0. The zero-order chi connectivity index (χ0) is 17.7. The highest BCUT2D eigenvalue weighted by atomic mass is 32.1. The molecule has 2 N–H and O–H groups in total. The van der Waals surface area contributed by atoms with Crippen LogP contribution in [-0.4, -0.2) is 42.4 Å². The predicted molar refractivity (Wildman–Crippen MR) is 90.8 cm³/mol. The summed E-state index contributed by atoms with van der Waals surface area (Å²) >= 11 is 9.02. The van der Waals surface area contributed by atoms with E-state index in [0.29, 0.717) is 0 Å². The number of carboxylic acid groups (broad SMARTS) is 2. The SMILES string of the molecule is O=C(O)c1ccnc(-c2ncc(N=C=S)c(C(=O)O)c2N=C=S)c1. The van der Waals surface area contributed by atoms with Gasteiger partial charge in [0.05, 0.1) is 27.8 Å². The van der Waals surface area contributed by atoms with E-state index < -0.39 is 11.9 Å². The highest BCUT2D eigenvalue weighted by Gasteiger charge is 2.22. The summed E-state index contributed by atoms with van der Waals surface area (Å²) in [7, 11) is 0. The van der Waals surface area contributed by atoms with E-state index in [2.05, 4.69) is 54.7 Å². The van der Waals surface area contributed by atoms with Gasteiger partial charge in [-0.1, -0.05) is 0 Å². The molecule has 0 aromatic carbocycles. The smallest absolute Gasteiger partial charge is 0.340 e. The van der Waals surface area contributed by atoms with Crippen molar-refractivity contribution in [2.75, 3.05) is 0 Å². The number of hydrogen-bond acceptors (Lipinski definition) is 8. The highest BCUT2D eigenvalue weighted by molar-refractivity contribution is 7.78. The van der Waals surface area contributed by atoms with Crippen LogP contribution in [0.4, 0.5) is 11.4 Å². The van der Waals surface area contributed by atoms with Gasteiger partial charge in [-0.2, -0.15) is 9.98 Å². The van der Waals surface area contributed by atoms with Crippen molar-refractivity contribution >= 4 is 58.1 Å². The van der Waals surface area contributed by atoms with Crippen LogP contribution in [0.2, 0.25) is 0 Å². The Balaban J connectivity index is 2.84. The molecule has 0 amide bonds. The Morgan fingerprint density at radius 3 is 2.38 bits per heavy atom. The normalized spacial score (nSPS) is 9.50. The van der Waals surface area contributed by atoms with E-state index in [9.17, 15) is 14.7 Å². The second-order valence-corrected chi connectivity index (χ2v) is 4.53. The first kappa shape index (κ1) is 17.2. The fourth-order valence-corrected chi connectivity index (χ4v) is 2.06. The standard InChI is InChI=1S/C14H6N4O4S2/c19-13(20)7-1-2-15-8(3-7)11-12(18-6-24)10(14(21)22)9(4-16-11)17-5-23/h1-4H,(H,19,20)(H,21,22). The number of aliphatic imine (C=N–C) groups is 2. The lowest BCUT2D eigenvalue weighted by atomic mass is 10.1. The molecule has 118 valence electrons. The van der Waals surface area contributed by atoms with Gasteiger partial charge in [-0.25, -0.2) is 14.6 Å². The van der Waals surface area contributed by atoms with Gasteiger partial charge >= 0.3 is 11.9 Å². The predicted octanol–water partition coefficient (Wildman–Crippen LogP) is 3.01. The molecule has 0 aliphatic heterocycles. The van der Waals surface area contributed by atoms with Crippen LogP contribution in [0.1, 0.15) is 20.7 Å². The van der Waals surface area contributed by atoms with Gasteiger partial charge in [0.15, 0.2) is 0 Å². The molecule has 2 heterocycles. The van der Waals surface area contributed by atoms with Crippen molar-refractivity contribution in [1.82, 2.24) is 9.97 Å². The van der Waals surface area contributed by atoms with Crippen molar-refractivity contribution in [2.24, 2.45) is 9.98 Å². The molecule has 0 unspecified atom stereocenters. The summed E-state index contributed by atoms with van der Waals surface area (Å²) in [6, 6.07) is 2.53. The number of hydrogen-bond donors (Lipinski definition) is 2. The Labute approximate surface area is 145 Å². The topological polar surface area (TPSA) is 125 Å². The van der Waals surface area contributed by atoms with Gasteiger partial charge in [-0.05, 0) is 36.6 Å². The van der Waals surface area contributed by atoms with E-state index in [-0.39, 0.29) is 33.9 Å². The van der Waals surface area contributed by atoms with Crippen molar-refractivity contribution in [1.29, 1.82) is 0 Å². The molecule has 0 saturated carbocycles. The molecule has 0 aliphatic carbocycles. The van der Waals surface area contributed by atoms with Gasteiger partial charge in [-0.3, -0.25) is 4.98 Å². The second-order valence-electron chi connectivity index (χ2n) is 4.16. The Kier molecular flexibility index (Phi) is 5.31. The van der Waals surface area contributed by atoms with Crippen LogP contribution in [0, 0.1) is 0 Å². The molecule has 0 bridgehead atoms. The average Bonchev–Trinajstić information content (AvgIpc) is 2.55. The maximum absolute atomic E-state index is 11.6. The molecule has 0 radical (unpaired) electrons. The van der Waals surface area contributed by atoms with Gasteiger partial charge in [0, 0.05) is 6.20 Å². The summed E-state index contributed by atoms with van der Waals surface area (Å²) in [6.07, 6.45) is 2.41. The van der Waals surface area contributed by atoms with Crippen molar-refractivity contribution in [2.45, 2.75) is 0 Å². The first-order chi connectivity index (χ1) is 11.5. The molecular formula is C14H6N4O4S2. The summed E-state index contributed by atoms with van der Waals surface area (Å²) in [5.74, 6) is -2.51. The number of aromatic carboxylic acids is 2. The van der Waals surface area contributed by atoms with Crippen LogP contribution in [0.3, 0.4) is 0 Å². The molecule has 2 aromatic rings. The Morgan fingerprint density at radius 2 is 1.79 bits per heavy atom. The fourth-order valence-electron chi connectivity index (χ4n) is 1.87. The lowest BCUT2D eigenvalue weighted by molar-refractivity contribution is 0.0686. The van der Waals surface area contributed by atoms with Crippen molar-refractivity contribution < 1.29 is 19.8 Å². The number of thiocarbonyl (C=S) groups is 2. The number of carbonyl (C=O) groups is 2. The quantitative estimate of drug-likeness (QED) is 0.617. The maximum Gasteiger partial charge on any atom is 0.340 e. The van der Waals surface area contributed by atoms with Crippen molar-refractivity contribution in [3.8, 4) is 11.4 Å². The molecule has 0 aliphatic rings. The average molecular weight is 358 g/mol. The third-order valence-electron chi connectivity index (χ3n) is 2.82. The summed E-state index contributed by atoms with van der Waals surface area (Å²) < 4.78 is 0. The summed E-state index contributed by atoms with van der Waals surface area (Å²) in [5, 5.41) is 22.6. The number of pyridine rings is 2. The second kappa shape index (κ2) is 7.40. The molecule has 8 nitrogen and oxygen atoms in total. The highest BCUT2D eigenvalue weighted by Crippen LogP contribution is 2.36. The number of rotatable bonds is 5. The summed E-state index contributed by atoms with van der Waals surface area (Å²) in [5.41, 5.74) is -0.455. The third kappa shape index (κ3) is 3.43. The lowest BCUT2D eigenvalue weighted by Crippen LogP contribution is -2.02. The van der Waals surface area contributed by atoms with E-state index in [4.69, 9.17) is 5.11 Å². The van der Waals surface area contributed by atoms with Gasteiger partial charge in [0.2, 0.25) is 0 Å². The summed E-state index contributed by atoms with van der Waals surface area (Å²) in [4.78, 5) is 38.1. The minimum Gasteiger partial charge on any atom is -0.478 e. The van der Waals surface area contributed by atoms with Crippen molar-refractivity contribution in [3.05, 3.63) is 35.7 Å². The minimum atomic E-state index is -1.35. The van der Waals surface area contributed by atoms with E-state index in [1.54, 1.807) is 0 Å². The number of nitrogens with zero attached hydrogens (tertiary/aromatic N) is 4. The van der Waals surface area contributed by atoms with E-state index >= 15 is 0 Å². The first-order valence-electron chi connectivity index (χ1n) is 6.11. The van der Waals surface area contributed by atoms with Crippen LogP contribution in [0.15, 0.2) is 34.5 Å². The molecule has 24 heavy (non-hydrogen) atoms. The minimum absolute atomic E-state index is 0.0242. The monoisotopic (exact) mass is 358 g/mol.